The maximum atomic E-state index is 5.69. The standard InChI is InChI=1S/C21H29N3O2.HI/c1-22-21(24-16-18-10-12-20(25-2)13-11-18)23-14-6-7-15-26-17-19-8-4-3-5-9-19;/h3-5,8-13H,6-7,14-17H2,1-2H3,(H2,22,23,24);1H. The van der Waals surface area contributed by atoms with E-state index in [2.05, 4.69) is 27.8 Å². The highest BCUT2D eigenvalue weighted by Gasteiger charge is 1.99. The summed E-state index contributed by atoms with van der Waals surface area (Å²) in [6.07, 6.45) is 2.06. The van der Waals surface area contributed by atoms with Gasteiger partial charge >= 0.3 is 0 Å². The number of hydrogen-bond acceptors (Lipinski definition) is 3. The number of guanidine groups is 1. The van der Waals surface area contributed by atoms with Crippen LogP contribution in [0.25, 0.3) is 0 Å². The summed E-state index contributed by atoms with van der Waals surface area (Å²) in [5, 5.41) is 6.64. The minimum Gasteiger partial charge on any atom is -0.497 e. The molecule has 2 rings (SSSR count). The zero-order valence-corrected chi connectivity index (χ0v) is 18.4. The quantitative estimate of drug-likeness (QED) is 0.233. The predicted octanol–water partition coefficient (Wildman–Crippen LogP) is 3.98. The topological polar surface area (TPSA) is 54.9 Å². The molecule has 0 atom stereocenters. The number of nitrogens with one attached hydrogen (secondary N) is 2. The first kappa shape index (κ1) is 23.2. The number of nitrogens with zero attached hydrogens (tertiary/aromatic N) is 1. The van der Waals surface area contributed by atoms with E-state index in [4.69, 9.17) is 9.47 Å². The zero-order chi connectivity index (χ0) is 18.5. The van der Waals surface area contributed by atoms with E-state index in [0.29, 0.717) is 6.61 Å². The third-order valence-electron chi connectivity index (χ3n) is 3.96. The molecule has 0 saturated heterocycles. The van der Waals surface area contributed by atoms with Crippen LogP contribution in [-0.4, -0.2) is 33.3 Å². The Kier molecular flexibility index (Phi) is 12.3. The van der Waals surface area contributed by atoms with E-state index in [1.54, 1.807) is 14.2 Å². The van der Waals surface area contributed by atoms with E-state index in [9.17, 15) is 0 Å². The van der Waals surface area contributed by atoms with Gasteiger partial charge in [0.1, 0.15) is 5.75 Å². The van der Waals surface area contributed by atoms with Crippen molar-refractivity contribution in [2.45, 2.75) is 26.0 Å². The lowest BCUT2D eigenvalue weighted by Gasteiger charge is -2.12. The summed E-state index contributed by atoms with van der Waals surface area (Å²) in [5.41, 5.74) is 2.40. The molecule has 2 N–H and O–H groups in total. The number of hydrogen-bond donors (Lipinski definition) is 2. The highest BCUT2D eigenvalue weighted by atomic mass is 127. The number of halogens is 1. The van der Waals surface area contributed by atoms with Gasteiger partial charge in [-0.3, -0.25) is 4.99 Å². The first-order valence-corrected chi connectivity index (χ1v) is 9.01. The molecule has 0 aromatic heterocycles. The summed E-state index contributed by atoms with van der Waals surface area (Å²) in [6, 6.07) is 18.3. The predicted molar refractivity (Wildman–Crippen MR) is 122 cm³/mol. The van der Waals surface area contributed by atoms with Crippen molar-refractivity contribution >= 4 is 29.9 Å². The van der Waals surface area contributed by atoms with Crippen LogP contribution in [0, 0.1) is 0 Å². The fourth-order valence-electron chi connectivity index (χ4n) is 2.45. The van der Waals surface area contributed by atoms with Crippen molar-refractivity contribution in [3.8, 4) is 5.75 Å². The molecule has 0 aliphatic carbocycles. The van der Waals surface area contributed by atoms with Crippen molar-refractivity contribution in [3.63, 3.8) is 0 Å². The molecule has 0 saturated carbocycles. The average Bonchev–Trinajstić information content (AvgIpc) is 2.70. The lowest BCUT2D eigenvalue weighted by Crippen LogP contribution is -2.37. The molecule has 5 nitrogen and oxygen atoms in total. The van der Waals surface area contributed by atoms with Gasteiger partial charge in [-0.1, -0.05) is 42.5 Å². The molecule has 0 aliphatic heterocycles. The molecule has 2 aromatic rings. The molecule has 0 spiro atoms. The fourth-order valence-corrected chi connectivity index (χ4v) is 2.45. The first-order chi connectivity index (χ1) is 12.8. The summed E-state index contributed by atoms with van der Waals surface area (Å²) in [7, 11) is 3.46. The van der Waals surface area contributed by atoms with Crippen LogP contribution in [0.4, 0.5) is 0 Å². The van der Waals surface area contributed by atoms with Crippen LogP contribution in [0.1, 0.15) is 24.0 Å². The van der Waals surface area contributed by atoms with E-state index < -0.39 is 0 Å². The Hall–Kier alpha value is -1.80. The van der Waals surface area contributed by atoms with E-state index in [-0.39, 0.29) is 24.0 Å². The normalized spacial score (nSPS) is 10.8. The van der Waals surface area contributed by atoms with Gasteiger partial charge in [-0.25, -0.2) is 0 Å². The third kappa shape index (κ3) is 9.63. The van der Waals surface area contributed by atoms with Crippen LogP contribution in [0.3, 0.4) is 0 Å². The van der Waals surface area contributed by atoms with Gasteiger partial charge in [-0.2, -0.15) is 0 Å². The highest BCUT2D eigenvalue weighted by molar-refractivity contribution is 14.0. The van der Waals surface area contributed by atoms with Crippen molar-refractivity contribution in [3.05, 3.63) is 65.7 Å². The molecule has 0 fully saturated rings. The smallest absolute Gasteiger partial charge is 0.191 e. The molecule has 0 radical (unpaired) electrons. The van der Waals surface area contributed by atoms with Crippen LogP contribution in [-0.2, 0) is 17.9 Å². The van der Waals surface area contributed by atoms with Crippen LogP contribution in [0.5, 0.6) is 5.75 Å². The molecular formula is C21H30IN3O2. The monoisotopic (exact) mass is 483 g/mol. The molecule has 6 heteroatoms. The molecule has 0 amide bonds. The SMILES string of the molecule is CN=C(NCCCCOCc1ccccc1)NCc1ccc(OC)cc1.I. The van der Waals surface area contributed by atoms with E-state index in [0.717, 1.165) is 44.2 Å². The largest absolute Gasteiger partial charge is 0.497 e. The first-order valence-electron chi connectivity index (χ1n) is 9.01. The Labute approximate surface area is 179 Å². The van der Waals surface area contributed by atoms with Gasteiger partial charge in [0.25, 0.3) is 0 Å². The van der Waals surface area contributed by atoms with Gasteiger partial charge < -0.3 is 20.1 Å². The second-order valence-electron chi connectivity index (χ2n) is 5.95. The van der Waals surface area contributed by atoms with Gasteiger partial charge in [0, 0.05) is 26.7 Å². The van der Waals surface area contributed by atoms with E-state index in [1.807, 2.05) is 42.5 Å². The number of rotatable bonds is 10. The highest BCUT2D eigenvalue weighted by Crippen LogP contribution is 2.10. The van der Waals surface area contributed by atoms with Crippen molar-refractivity contribution in [2.75, 3.05) is 27.3 Å². The van der Waals surface area contributed by atoms with Crippen LogP contribution in [0.15, 0.2) is 59.6 Å². The van der Waals surface area contributed by atoms with Crippen molar-refractivity contribution < 1.29 is 9.47 Å². The molecular weight excluding hydrogens is 453 g/mol. The minimum atomic E-state index is 0. The summed E-state index contributed by atoms with van der Waals surface area (Å²) in [6.45, 7) is 3.05. The summed E-state index contributed by atoms with van der Waals surface area (Å²) in [4.78, 5) is 4.25. The molecule has 0 bridgehead atoms. The van der Waals surface area contributed by atoms with Crippen LogP contribution >= 0.6 is 24.0 Å². The van der Waals surface area contributed by atoms with Crippen molar-refractivity contribution in [2.24, 2.45) is 4.99 Å². The van der Waals surface area contributed by atoms with E-state index >= 15 is 0 Å². The van der Waals surface area contributed by atoms with Gasteiger partial charge in [0.15, 0.2) is 5.96 Å². The zero-order valence-electron chi connectivity index (χ0n) is 16.1. The Morgan fingerprint density at radius 2 is 1.67 bits per heavy atom. The molecule has 148 valence electrons. The van der Waals surface area contributed by atoms with Crippen molar-refractivity contribution in [1.29, 1.82) is 0 Å². The molecule has 0 heterocycles. The number of unbranched alkanes of at least 4 members (excludes halogenated alkanes) is 1. The summed E-state index contributed by atoms with van der Waals surface area (Å²) >= 11 is 0. The summed E-state index contributed by atoms with van der Waals surface area (Å²) < 4.78 is 10.9. The average molecular weight is 483 g/mol. The van der Waals surface area contributed by atoms with E-state index in [1.165, 1.54) is 11.1 Å². The Balaban J connectivity index is 0.00000364. The second-order valence-corrected chi connectivity index (χ2v) is 5.95. The Bertz CT molecular complexity index is 648. The number of benzene rings is 2. The van der Waals surface area contributed by atoms with Gasteiger partial charge in [-0.05, 0) is 36.1 Å². The van der Waals surface area contributed by atoms with Gasteiger partial charge in [0.2, 0.25) is 0 Å². The lowest BCUT2D eigenvalue weighted by molar-refractivity contribution is 0.117. The fraction of sp³-hybridized carbons (Fsp3) is 0.381. The Morgan fingerprint density at radius 3 is 2.33 bits per heavy atom. The maximum Gasteiger partial charge on any atom is 0.191 e. The maximum absolute atomic E-state index is 5.69. The lowest BCUT2D eigenvalue weighted by atomic mass is 10.2. The number of aliphatic imine (C=N–C) groups is 1. The third-order valence-corrected chi connectivity index (χ3v) is 3.96. The minimum absolute atomic E-state index is 0. The van der Waals surface area contributed by atoms with Gasteiger partial charge in [0.05, 0.1) is 13.7 Å². The summed E-state index contributed by atoms with van der Waals surface area (Å²) in [5.74, 6) is 1.68. The molecule has 2 aromatic carbocycles. The van der Waals surface area contributed by atoms with Gasteiger partial charge in [-0.15, -0.1) is 24.0 Å². The Morgan fingerprint density at radius 1 is 0.926 bits per heavy atom. The number of methoxy groups -OCH3 is 1. The number of ether oxygens (including phenoxy) is 2. The molecule has 27 heavy (non-hydrogen) atoms. The molecule has 0 aliphatic rings. The van der Waals surface area contributed by atoms with Crippen molar-refractivity contribution in [1.82, 2.24) is 10.6 Å². The van der Waals surface area contributed by atoms with Crippen LogP contribution < -0.4 is 15.4 Å². The molecule has 0 unspecified atom stereocenters. The second kappa shape index (κ2) is 14.3. The van der Waals surface area contributed by atoms with Crippen LogP contribution in [0.2, 0.25) is 0 Å².